The summed E-state index contributed by atoms with van der Waals surface area (Å²) < 4.78 is 58.2. The molecule has 0 amide bonds. The number of rotatable bonds is 3. The van der Waals surface area contributed by atoms with Gasteiger partial charge < -0.3 is 0 Å². The molecule has 0 aromatic rings. The van der Waals surface area contributed by atoms with Crippen molar-refractivity contribution in [1.82, 2.24) is 0 Å². The fraction of sp³-hybridized carbons (Fsp3) is 1.00. The van der Waals surface area contributed by atoms with Gasteiger partial charge in [0, 0.05) is 0 Å². The maximum Gasteiger partial charge on any atom is 0.523 e. The molecule has 0 aliphatic heterocycles. The third-order valence-corrected chi connectivity index (χ3v) is 2.48. The van der Waals surface area contributed by atoms with Crippen LogP contribution in [0, 0.1) is 0 Å². The van der Waals surface area contributed by atoms with Gasteiger partial charge >= 0.3 is 15.6 Å². The van der Waals surface area contributed by atoms with Crippen LogP contribution in [0.2, 0.25) is 0 Å². The maximum absolute atomic E-state index is 11.5. The first-order valence-electron chi connectivity index (χ1n) is 2.40. The van der Waals surface area contributed by atoms with E-state index in [1.165, 1.54) is 0 Å². The Morgan fingerprint density at radius 2 is 1.83 bits per heavy atom. The van der Waals surface area contributed by atoms with E-state index < -0.39 is 27.1 Å². The summed E-state index contributed by atoms with van der Waals surface area (Å²) in [5, 5.41) is 0. The van der Waals surface area contributed by atoms with Gasteiger partial charge in [0.1, 0.15) is 0 Å². The summed E-state index contributed by atoms with van der Waals surface area (Å²) in [6, 6.07) is 0. The normalized spacial score (nSPS) is 16.1. The third kappa shape index (κ3) is 3.34. The van der Waals surface area contributed by atoms with Crippen molar-refractivity contribution in [3.8, 4) is 0 Å². The van der Waals surface area contributed by atoms with Crippen molar-refractivity contribution in [3.05, 3.63) is 0 Å². The summed E-state index contributed by atoms with van der Waals surface area (Å²) in [4.78, 5) is 0. The number of hydrogen-bond donors (Lipinski definition) is 0. The summed E-state index contributed by atoms with van der Waals surface area (Å²) in [5.74, 6) is -0.559. The molecule has 0 aliphatic rings. The standard InChI is InChI=1S/C3H3Cl2F3O3S/c4-1-2(5)11-12(9,10)3(6,7)8/h2H,1H2. The van der Waals surface area contributed by atoms with Crippen LogP contribution in [-0.2, 0) is 14.3 Å². The first kappa shape index (κ1) is 12.3. The highest BCUT2D eigenvalue weighted by Gasteiger charge is 2.48. The summed E-state index contributed by atoms with van der Waals surface area (Å²) in [6.45, 7) is 0. The molecule has 0 aliphatic carbocycles. The minimum absolute atomic E-state index is 0.559. The Hall–Kier alpha value is 0.280. The molecular weight excluding hydrogens is 244 g/mol. The molecule has 12 heavy (non-hydrogen) atoms. The van der Waals surface area contributed by atoms with Crippen molar-refractivity contribution in [2.24, 2.45) is 0 Å². The minimum Gasteiger partial charge on any atom is -0.242 e. The number of halogens is 5. The highest BCUT2D eigenvalue weighted by molar-refractivity contribution is 7.87. The van der Waals surface area contributed by atoms with Crippen LogP contribution in [0.5, 0.6) is 0 Å². The lowest BCUT2D eigenvalue weighted by atomic mass is 10.9. The number of hydrogen-bond acceptors (Lipinski definition) is 3. The SMILES string of the molecule is O=S(=O)(OC(Cl)CCl)C(F)(F)F. The van der Waals surface area contributed by atoms with Gasteiger partial charge in [-0.05, 0) is 0 Å². The number of alkyl halides is 5. The lowest BCUT2D eigenvalue weighted by Crippen LogP contribution is -2.28. The van der Waals surface area contributed by atoms with Gasteiger partial charge in [0.15, 0.2) is 5.56 Å². The van der Waals surface area contributed by atoms with Crippen molar-refractivity contribution >= 4 is 33.3 Å². The van der Waals surface area contributed by atoms with Crippen LogP contribution in [0.3, 0.4) is 0 Å². The van der Waals surface area contributed by atoms with Gasteiger partial charge in [-0.2, -0.15) is 21.6 Å². The van der Waals surface area contributed by atoms with Crippen LogP contribution in [-0.4, -0.2) is 25.4 Å². The molecule has 0 saturated heterocycles. The molecule has 0 aromatic carbocycles. The second-order valence-electron chi connectivity index (χ2n) is 1.56. The van der Waals surface area contributed by atoms with Crippen molar-refractivity contribution in [2.75, 3.05) is 5.88 Å². The predicted molar refractivity (Wildman–Crippen MR) is 36.4 cm³/mol. The largest absolute Gasteiger partial charge is 0.523 e. The zero-order chi connectivity index (χ0) is 9.99. The van der Waals surface area contributed by atoms with Crippen LogP contribution in [0.15, 0.2) is 0 Å². The van der Waals surface area contributed by atoms with Crippen LogP contribution in [0.4, 0.5) is 13.2 Å². The molecule has 0 rings (SSSR count). The van der Waals surface area contributed by atoms with Crippen LogP contribution >= 0.6 is 23.2 Å². The van der Waals surface area contributed by atoms with E-state index in [0.717, 1.165) is 0 Å². The second-order valence-corrected chi connectivity index (χ2v) is 3.92. The Labute approximate surface area is 76.5 Å². The predicted octanol–water partition coefficient (Wildman–Crippen LogP) is 1.66. The van der Waals surface area contributed by atoms with E-state index in [4.69, 9.17) is 23.2 Å². The Bertz CT molecular complexity index is 236. The van der Waals surface area contributed by atoms with Crippen LogP contribution in [0.25, 0.3) is 0 Å². The van der Waals surface area contributed by atoms with E-state index in [9.17, 15) is 21.6 Å². The molecule has 3 nitrogen and oxygen atoms in total. The summed E-state index contributed by atoms with van der Waals surface area (Å²) >= 11 is 9.84. The van der Waals surface area contributed by atoms with Gasteiger partial charge in [0.05, 0.1) is 5.88 Å². The molecule has 0 spiro atoms. The second kappa shape index (κ2) is 3.99. The highest BCUT2D eigenvalue weighted by atomic mass is 35.5. The summed E-state index contributed by atoms with van der Waals surface area (Å²) in [6.07, 6.45) is 0. The first-order chi connectivity index (χ1) is 5.20. The average molecular weight is 247 g/mol. The van der Waals surface area contributed by atoms with Gasteiger partial charge in [0.25, 0.3) is 0 Å². The molecule has 0 fully saturated rings. The van der Waals surface area contributed by atoms with Gasteiger partial charge in [0.2, 0.25) is 0 Å². The molecule has 74 valence electrons. The fourth-order valence-corrected chi connectivity index (χ4v) is 1.09. The molecule has 1 unspecified atom stereocenters. The molecule has 0 aromatic heterocycles. The third-order valence-electron chi connectivity index (χ3n) is 0.636. The van der Waals surface area contributed by atoms with Gasteiger partial charge in [-0.3, -0.25) is 0 Å². The Kier molecular flexibility index (Phi) is 4.09. The van der Waals surface area contributed by atoms with Gasteiger partial charge in [-0.1, -0.05) is 11.6 Å². The Morgan fingerprint density at radius 3 is 2.08 bits per heavy atom. The molecular formula is C3H3Cl2F3O3S. The van der Waals surface area contributed by atoms with Gasteiger partial charge in [-0.25, -0.2) is 4.18 Å². The lowest BCUT2D eigenvalue weighted by molar-refractivity contribution is -0.0547. The molecule has 0 bridgehead atoms. The lowest BCUT2D eigenvalue weighted by Gasteiger charge is -2.09. The van der Waals surface area contributed by atoms with E-state index in [-0.39, 0.29) is 0 Å². The molecule has 9 heteroatoms. The molecule has 0 saturated carbocycles. The molecule has 1 atom stereocenters. The van der Waals surface area contributed by atoms with Crippen LogP contribution in [0.1, 0.15) is 0 Å². The smallest absolute Gasteiger partial charge is 0.242 e. The van der Waals surface area contributed by atoms with Crippen molar-refractivity contribution in [2.45, 2.75) is 11.1 Å². The van der Waals surface area contributed by atoms with E-state index in [1.54, 1.807) is 0 Å². The van der Waals surface area contributed by atoms with E-state index >= 15 is 0 Å². The zero-order valence-electron chi connectivity index (χ0n) is 5.31. The van der Waals surface area contributed by atoms with Crippen LogP contribution < -0.4 is 0 Å². The summed E-state index contributed by atoms with van der Waals surface area (Å²) in [5.41, 5.74) is -7.18. The van der Waals surface area contributed by atoms with Crippen molar-refractivity contribution in [1.29, 1.82) is 0 Å². The monoisotopic (exact) mass is 246 g/mol. The zero-order valence-corrected chi connectivity index (χ0v) is 7.64. The Balaban J connectivity index is 4.46. The molecule has 0 N–H and O–H groups in total. The summed E-state index contributed by atoms with van der Waals surface area (Å²) in [7, 11) is -5.63. The minimum atomic E-state index is -5.63. The Morgan fingerprint density at radius 1 is 1.42 bits per heavy atom. The topological polar surface area (TPSA) is 43.4 Å². The van der Waals surface area contributed by atoms with E-state index in [2.05, 4.69) is 4.18 Å². The fourth-order valence-electron chi connectivity index (χ4n) is 0.218. The highest BCUT2D eigenvalue weighted by Crippen LogP contribution is 2.26. The van der Waals surface area contributed by atoms with Crippen molar-refractivity contribution in [3.63, 3.8) is 0 Å². The molecule has 0 radical (unpaired) electrons. The van der Waals surface area contributed by atoms with E-state index in [1.807, 2.05) is 0 Å². The van der Waals surface area contributed by atoms with E-state index in [0.29, 0.717) is 0 Å². The average Bonchev–Trinajstić information content (AvgIpc) is 1.84. The maximum atomic E-state index is 11.5. The quantitative estimate of drug-likeness (QED) is 0.432. The van der Waals surface area contributed by atoms with Crippen molar-refractivity contribution < 1.29 is 25.8 Å². The molecule has 0 heterocycles. The van der Waals surface area contributed by atoms with Gasteiger partial charge in [-0.15, -0.1) is 11.6 Å². The first-order valence-corrected chi connectivity index (χ1v) is 4.78.